The molecule has 0 N–H and O–H groups in total. The first-order valence-electron chi connectivity index (χ1n) is 5.47. The van der Waals surface area contributed by atoms with Gasteiger partial charge < -0.3 is 4.90 Å². The Labute approximate surface area is 85.5 Å². The van der Waals surface area contributed by atoms with E-state index in [9.17, 15) is 9.18 Å². The molecule has 1 aliphatic heterocycles. The molecule has 0 aromatic heterocycles. The van der Waals surface area contributed by atoms with E-state index in [1.165, 1.54) is 0 Å². The Morgan fingerprint density at radius 1 is 1.43 bits per heavy atom. The molecule has 0 saturated carbocycles. The van der Waals surface area contributed by atoms with E-state index in [1.54, 1.807) is 0 Å². The fourth-order valence-corrected chi connectivity index (χ4v) is 1.82. The first-order valence-corrected chi connectivity index (χ1v) is 5.47. The van der Waals surface area contributed by atoms with Gasteiger partial charge in [-0.1, -0.05) is 13.8 Å². The Balaban J connectivity index is 2.30. The van der Waals surface area contributed by atoms with Crippen molar-refractivity contribution in [1.29, 1.82) is 0 Å². The largest absolute Gasteiger partial charge is 0.343 e. The molecule has 1 rings (SSSR count). The number of carbonyl (C=O) groups is 1. The van der Waals surface area contributed by atoms with E-state index in [2.05, 4.69) is 0 Å². The zero-order valence-corrected chi connectivity index (χ0v) is 9.13. The number of likely N-dealkylation sites (tertiary alicyclic amines) is 1. The summed E-state index contributed by atoms with van der Waals surface area (Å²) in [5.74, 6) is 0.844. The summed E-state index contributed by atoms with van der Waals surface area (Å²) in [7, 11) is 0. The second kappa shape index (κ2) is 5.32. The van der Waals surface area contributed by atoms with E-state index in [1.807, 2.05) is 18.7 Å². The van der Waals surface area contributed by atoms with Gasteiger partial charge in [-0.25, -0.2) is 0 Å². The summed E-state index contributed by atoms with van der Waals surface area (Å²) >= 11 is 0. The Kier molecular flexibility index (Phi) is 4.36. The zero-order valence-electron chi connectivity index (χ0n) is 9.13. The van der Waals surface area contributed by atoms with Crippen LogP contribution in [-0.4, -0.2) is 30.6 Å². The monoisotopic (exact) mass is 201 g/mol. The smallest absolute Gasteiger partial charge is 0.222 e. The van der Waals surface area contributed by atoms with Crippen LogP contribution < -0.4 is 0 Å². The lowest BCUT2D eigenvalue weighted by Gasteiger charge is -2.31. The van der Waals surface area contributed by atoms with Crippen LogP contribution in [0.3, 0.4) is 0 Å². The lowest BCUT2D eigenvalue weighted by Crippen LogP contribution is -2.39. The van der Waals surface area contributed by atoms with Crippen molar-refractivity contribution in [3.63, 3.8) is 0 Å². The van der Waals surface area contributed by atoms with E-state index in [0.29, 0.717) is 12.3 Å². The van der Waals surface area contributed by atoms with Gasteiger partial charge in [-0.3, -0.25) is 9.18 Å². The van der Waals surface area contributed by atoms with Crippen LogP contribution >= 0.6 is 0 Å². The quantitative estimate of drug-likeness (QED) is 0.685. The number of carbonyl (C=O) groups excluding carboxylic acids is 1. The average Bonchev–Trinajstić information content (AvgIpc) is 2.17. The first-order chi connectivity index (χ1) is 6.63. The molecule has 2 nitrogen and oxygen atoms in total. The van der Waals surface area contributed by atoms with E-state index in [0.717, 1.165) is 25.9 Å². The normalized spacial score (nSPS) is 19.0. The van der Waals surface area contributed by atoms with Crippen molar-refractivity contribution in [2.24, 2.45) is 11.8 Å². The van der Waals surface area contributed by atoms with Gasteiger partial charge in [0.1, 0.15) is 0 Å². The lowest BCUT2D eigenvalue weighted by molar-refractivity contribution is -0.133. The number of rotatable bonds is 3. The van der Waals surface area contributed by atoms with E-state index in [4.69, 9.17) is 0 Å². The Morgan fingerprint density at radius 3 is 2.43 bits per heavy atom. The number of nitrogens with zero attached hydrogens (tertiary/aromatic N) is 1. The van der Waals surface area contributed by atoms with Crippen LogP contribution in [0, 0.1) is 11.8 Å². The SMILES string of the molecule is CC(C)CC(=O)N1CCC(CF)CC1. The minimum atomic E-state index is -0.230. The van der Waals surface area contributed by atoms with Crippen molar-refractivity contribution in [1.82, 2.24) is 4.90 Å². The molecule has 0 aromatic carbocycles. The third-order valence-corrected chi connectivity index (χ3v) is 2.77. The van der Waals surface area contributed by atoms with E-state index in [-0.39, 0.29) is 18.5 Å². The van der Waals surface area contributed by atoms with Crippen molar-refractivity contribution in [3.05, 3.63) is 0 Å². The van der Waals surface area contributed by atoms with Gasteiger partial charge in [-0.15, -0.1) is 0 Å². The molecular weight excluding hydrogens is 181 g/mol. The summed E-state index contributed by atoms with van der Waals surface area (Å²) in [5.41, 5.74) is 0. The maximum absolute atomic E-state index is 12.3. The minimum Gasteiger partial charge on any atom is -0.343 e. The van der Waals surface area contributed by atoms with Crippen LogP contribution in [0.2, 0.25) is 0 Å². The molecule has 1 fully saturated rings. The Morgan fingerprint density at radius 2 is 2.00 bits per heavy atom. The third-order valence-electron chi connectivity index (χ3n) is 2.77. The predicted octanol–water partition coefficient (Wildman–Crippen LogP) is 2.24. The average molecular weight is 201 g/mol. The molecule has 0 aliphatic carbocycles. The van der Waals surface area contributed by atoms with Crippen molar-refractivity contribution < 1.29 is 9.18 Å². The predicted molar refractivity (Wildman–Crippen MR) is 54.7 cm³/mol. The molecule has 1 aliphatic rings. The summed E-state index contributed by atoms with van der Waals surface area (Å²) < 4.78 is 12.3. The number of hydrogen-bond donors (Lipinski definition) is 0. The van der Waals surface area contributed by atoms with Gasteiger partial charge in [0, 0.05) is 19.5 Å². The Bertz CT molecular complexity index is 186. The maximum atomic E-state index is 12.3. The van der Waals surface area contributed by atoms with Crippen LogP contribution in [0.25, 0.3) is 0 Å². The first kappa shape index (κ1) is 11.5. The molecule has 0 radical (unpaired) electrons. The van der Waals surface area contributed by atoms with Crippen molar-refractivity contribution in [3.8, 4) is 0 Å². The molecule has 82 valence electrons. The molecule has 0 bridgehead atoms. The van der Waals surface area contributed by atoms with Crippen molar-refractivity contribution in [2.45, 2.75) is 33.1 Å². The van der Waals surface area contributed by atoms with Gasteiger partial charge >= 0.3 is 0 Å². The fraction of sp³-hybridized carbons (Fsp3) is 0.909. The van der Waals surface area contributed by atoms with Gasteiger partial charge in [0.05, 0.1) is 6.67 Å². The number of halogens is 1. The molecule has 14 heavy (non-hydrogen) atoms. The van der Waals surface area contributed by atoms with E-state index >= 15 is 0 Å². The molecular formula is C11H20FNO. The second-order valence-electron chi connectivity index (χ2n) is 4.58. The highest BCUT2D eigenvalue weighted by atomic mass is 19.1. The van der Waals surface area contributed by atoms with Crippen molar-refractivity contribution in [2.75, 3.05) is 19.8 Å². The summed E-state index contributed by atoms with van der Waals surface area (Å²) in [6.45, 7) is 5.37. The lowest BCUT2D eigenvalue weighted by atomic mass is 9.97. The molecule has 1 amide bonds. The maximum Gasteiger partial charge on any atom is 0.222 e. The summed E-state index contributed by atoms with van der Waals surface area (Å²) in [5, 5.41) is 0. The van der Waals surface area contributed by atoms with Crippen LogP contribution in [-0.2, 0) is 4.79 Å². The molecule has 0 atom stereocenters. The van der Waals surface area contributed by atoms with Gasteiger partial charge in [0.2, 0.25) is 5.91 Å². The highest BCUT2D eigenvalue weighted by Crippen LogP contribution is 2.18. The number of hydrogen-bond acceptors (Lipinski definition) is 1. The highest BCUT2D eigenvalue weighted by molar-refractivity contribution is 5.76. The van der Waals surface area contributed by atoms with E-state index < -0.39 is 0 Å². The van der Waals surface area contributed by atoms with Crippen LogP contribution in [0.15, 0.2) is 0 Å². The van der Waals surface area contributed by atoms with Gasteiger partial charge in [0.15, 0.2) is 0 Å². The van der Waals surface area contributed by atoms with Gasteiger partial charge in [-0.05, 0) is 24.7 Å². The molecule has 1 saturated heterocycles. The number of piperidine rings is 1. The molecule has 0 aromatic rings. The van der Waals surface area contributed by atoms with Crippen LogP contribution in [0.4, 0.5) is 4.39 Å². The molecule has 0 spiro atoms. The standard InChI is InChI=1S/C11H20FNO/c1-9(2)7-11(14)13-5-3-10(8-12)4-6-13/h9-10H,3-8H2,1-2H3. The third kappa shape index (κ3) is 3.28. The van der Waals surface area contributed by atoms with Crippen molar-refractivity contribution >= 4 is 5.91 Å². The minimum absolute atomic E-state index is 0.193. The van der Waals surface area contributed by atoms with Crippen LogP contribution in [0.1, 0.15) is 33.1 Å². The van der Waals surface area contributed by atoms with Gasteiger partial charge in [-0.2, -0.15) is 0 Å². The van der Waals surface area contributed by atoms with Crippen LogP contribution in [0.5, 0.6) is 0 Å². The zero-order chi connectivity index (χ0) is 10.6. The fourth-order valence-electron chi connectivity index (χ4n) is 1.82. The van der Waals surface area contributed by atoms with Gasteiger partial charge in [0.25, 0.3) is 0 Å². The summed E-state index contributed by atoms with van der Waals surface area (Å²) in [4.78, 5) is 13.5. The summed E-state index contributed by atoms with van der Waals surface area (Å²) in [6, 6.07) is 0. The molecule has 0 unspecified atom stereocenters. The number of amides is 1. The molecule has 1 heterocycles. The Hall–Kier alpha value is -0.600. The second-order valence-corrected chi connectivity index (χ2v) is 4.58. The summed E-state index contributed by atoms with van der Waals surface area (Å²) in [6.07, 6.45) is 2.29. The topological polar surface area (TPSA) is 20.3 Å². The number of alkyl halides is 1. The highest BCUT2D eigenvalue weighted by Gasteiger charge is 2.22. The molecule has 3 heteroatoms.